The van der Waals surface area contributed by atoms with Gasteiger partial charge in [-0.1, -0.05) is 6.07 Å². The van der Waals surface area contributed by atoms with Gasteiger partial charge in [-0.05, 0) is 69.2 Å². The fourth-order valence-electron chi connectivity index (χ4n) is 5.51. The highest BCUT2D eigenvalue weighted by Gasteiger charge is 2.31. The number of carbonyl (C=O) groups is 1. The van der Waals surface area contributed by atoms with E-state index < -0.39 is 16.0 Å². The fraction of sp³-hybridized carbons (Fsp3) is 0.536. The molecule has 0 atom stereocenters. The lowest BCUT2D eigenvalue weighted by Crippen LogP contribution is -2.43. The second-order valence-corrected chi connectivity index (χ2v) is 12.9. The Bertz CT molecular complexity index is 1400. The molecule has 2 fully saturated rings. The summed E-state index contributed by atoms with van der Waals surface area (Å²) in [6, 6.07) is 9.77. The zero-order chi connectivity index (χ0) is 27.4. The van der Waals surface area contributed by atoms with E-state index in [9.17, 15) is 17.6 Å². The monoisotopic (exact) mass is 557 g/mol. The minimum Gasteiger partial charge on any atom is -0.493 e. The Balaban J connectivity index is 1.19. The first-order chi connectivity index (χ1) is 18.8. The van der Waals surface area contributed by atoms with Gasteiger partial charge in [0.25, 0.3) is 0 Å². The van der Waals surface area contributed by atoms with E-state index in [-0.39, 0.29) is 23.6 Å². The van der Waals surface area contributed by atoms with Crippen LogP contribution in [-0.4, -0.2) is 77.7 Å². The average molecular weight is 558 g/mol. The summed E-state index contributed by atoms with van der Waals surface area (Å²) in [4.78, 5) is 23.9. The lowest BCUT2D eigenvalue weighted by atomic mass is 9.85. The highest BCUT2D eigenvalue weighted by atomic mass is 32.2. The molecule has 39 heavy (non-hydrogen) atoms. The van der Waals surface area contributed by atoms with Crippen molar-refractivity contribution in [2.24, 2.45) is 5.92 Å². The van der Waals surface area contributed by atoms with Crippen LogP contribution in [0.1, 0.15) is 44.9 Å². The third kappa shape index (κ3) is 6.87. The summed E-state index contributed by atoms with van der Waals surface area (Å²) in [5, 5.41) is 4.37. The van der Waals surface area contributed by atoms with E-state index in [0.29, 0.717) is 50.7 Å². The zero-order valence-corrected chi connectivity index (χ0v) is 23.1. The van der Waals surface area contributed by atoms with Crippen molar-refractivity contribution in [2.75, 3.05) is 37.0 Å². The van der Waals surface area contributed by atoms with Gasteiger partial charge in [0.05, 0.1) is 17.9 Å². The third-order valence-electron chi connectivity index (χ3n) is 7.64. The number of amides is 1. The van der Waals surface area contributed by atoms with Gasteiger partial charge >= 0.3 is 0 Å². The Morgan fingerprint density at radius 2 is 1.87 bits per heavy atom. The van der Waals surface area contributed by atoms with Crippen LogP contribution in [0.5, 0.6) is 5.75 Å². The van der Waals surface area contributed by atoms with Gasteiger partial charge in [-0.3, -0.25) is 4.79 Å². The second-order valence-electron chi connectivity index (χ2n) is 10.6. The van der Waals surface area contributed by atoms with E-state index >= 15 is 0 Å². The van der Waals surface area contributed by atoms with Crippen LogP contribution >= 0.6 is 0 Å². The smallest absolute Gasteiger partial charge is 0.225 e. The molecule has 1 amide bonds. The summed E-state index contributed by atoms with van der Waals surface area (Å²) < 4.78 is 44.1. The topological polar surface area (TPSA) is 106 Å². The van der Waals surface area contributed by atoms with Gasteiger partial charge in [-0.15, -0.1) is 0 Å². The lowest BCUT2D eigenvalue weighted by molar-refractivity contribution is -0.138. The summed E-state index contributed by atoms with van der Waals surface area (Å²) >= 11 is 0. The number of piperidine rings is 1. The lowest BCUT2D eigenvalue weighted by Gasteiger charge is -2.35. The number of nitrogens with zero attached hydrogens (tertiary/aromatic N) is 4. The maximum atomic E-state index is 13.4. The van der Waals surface area contributed by atoms with Crippen molar-refractivity contribution < 1.29 is 22.3 Å². The molecule has 0 radical (unpaired) electrons. The molecule has 210 valence electrons. The van der Waals surface area contributed by atoms with Gasteiger partial charge in [-0.2, -0.15) is 4.98 Å². The number of benzene rings is 1. The second kappa shape index (κ2) is 11.9. The van der Waals surface area contributed by atoms with E-state index in [1.165, 1.54) is 6.26 Å². The van der Waals surface area contributed by atoms with Crippen molar-refractivity contribution in [2.45, 2.75) is 57.2 Å². The van der Waals surface area contributed by atoms with Crippen molar-refractivity contribution in [3.63, 3.8) is 0 Å². The predicted octanol–water partition coefficient (Wildman–Crippen LogP) is 4.17. The largest absolute Gasteiger partial charge is 0.493 e. The third-order valence-corrected chi connectivity index (χ3v) is 8.67. The number of aromatic nitrogens is 3. The van der Waals surface area contributed by atoms with Gasteiger partial charge in [0.1, 0.15) is 27.6 Å². The molecule has 1 saturated heterocycles. The molecule has 3 aromatic rings. The van der Waals surface area contributed by atoms with E-state index in [1.807, 2.05) is 46.0 Å². The number of likely N-dealkylation sites (tertiary alicyclic amines) is 1. The molecule has 11 heteroatoms. The number of carbonyl (C=O) groups excluding carboxylic acids is 1. The van der Waals surface area contributed by atoms with Crippen LogP contribution in [0.3, 0.4) is 0 Å². The molecule has 0 spiro atoms. The van der Waals surface area contributed by atoms with Crippen LogP contribution in [0.25, 0.3) is 16.7 Å². The molecule has 1 saturated carbocycles. The number of fused-ring (bicyclic) bond motifs is 1. The standard InChI is InChI=1S/C28H36FN5O4S/c1-39(36,37)19-3-18-38-25-5-2-4-24-23(25)13-17-34(24)26-10-14-30-28(32-26)31-22-8-6-20(7-9-22)27(35)33-15-11-21(29)12-16-33/h2,4-5,10,13-14,17,20-22H,3,6-9,11-12,15-16,18-19H2,1H3,(H,30,31,32)/t20-,22-. The van der Waals surface area contributed by atoms with E-state index in [4.69, 9.17) is 9.72 Å². The molecule has 5 rings (SSSR count). The maximum Gasteiger partial charge on any atom is 0.225 e. The average Bonchev–Trinajstić information content (AvgIpc) is 3.36. The van der Waals surface area contributed by atoms with Crippen molar-refractivity contribution in [1.82, 2.24) is 19.4 Å². The predicted molar refractivity (Wildman–Crippen MR) is 149 cm³/mol. The van der Waals surface area contributed by atoms with Crippen molar-refractivity contribution in [1.29, 1.82) is 0 Å². The molecule has 3 heterocycles. The number of hydrogen-bond donors (Lipinski definition) is 1. The summed E-state index contributed by atoms with van der Waals surface area (Å²) in [6.07, 6.45) is 8.78. The first kappa shape index (κ1) is 27.4. The van der Waals surface area contributed by atoms with Crippen LogP contribution in [0.15, 0.2) is 42.7 Å². The van der Waals surface area contributed by atoms with Gasteiger partial charge in [0, 0.05) is 49.1 Å². The van der Waals surface area contributed by atoms with Crippen molar-refractivity contribution >= 4 is 32.6 Å². The first-order valence-corrected chi connectivity index (χ1v) is 15.8. The van der Waals surface area contributed by atoms with Crippen LogP contribution in [-0.2, 0) is 14.6 Å². The minimum absolute atomic E-state index is 0.0143. The highest BCUT2D eigenvalue weighted by molar-refractivity contribution is 7.90. The number of halogens is 1. The van der Waals surface area contributed by atoms with Crippen molar-refractivity contribution in [3.8, 4) is 11.6 Å². The highest BCUT2D eigenvalue weighted by Crippen LogP contribution is 2.30. The number of hydrogen-bond acceptors (Lipinski definition) is 7. The molecule has 1 aliphatic heterocycles. The van der Waals surface area contributed by atoms with Crippen molar-refractivity contribution in [3.05, 3.63) is 42.7 Å². The number of ether oxygens (including phenoxy) is 1. The molecule has 0 bridgehead atoms. The number of rotatable bonds is 9. The Morgan fingerprint density at radius 3 is 2.62 bits per heavy atom. The number of sulfone groups is 1. The molecule has 2 aromatic heterocycles. The maximum absolute atomic E-state index is 13.4. The molecule has 1 N–H and O–H groups in total. The zero-order valence-electron chi connectivity index (χ0n) is 22.3. The van der Waals surface area contributed by atoms with E-state index in [1.54, 1.807) is 6.20 Å². The quantitative estimate of drug-likeness (QED) is 0.394. The number of nitrogens with one attached hydrogen (secondary N) is 1. The Hall–Kier alpha value is -3.21. The first-order valence-electron chi connectivity index (χ1n) is 13.7. The van der Waals surface area contributed by atoms with Gasteiger partial charge in [0.15, 0.2) is 0 Å². The summed E-state index contributed by atoms with van der Waals surface area (Å²) in [5.41, 5.74) is 0.927. The number of alkyl halides is 1. The van der Waals surface area contributed by atoms with Gasteiger partial charge < -0.3 is 19.5 Å². The SMILES string of the molecule is CS(=O)(=O)CCCOc1cccc2c1ccn2-c1ccnc(N[C@H]2CC[C@H](C(=O)N3CCC(F)CC3)CC2)n1. The molecule has 1 aliphatic carbocycles. The Kier molecular flexibility index (Phi) is 8.34. The molecule has 2 aliphatic rings. The molecular formula is C28H36FN5O4S. The molecule has 1 aromatic carbocycles. The van der Waals surface area contributed by atoms with Gasteiger partial charge in [-0.25, -0.2) is 17.8 Å². The van der Waals surface area contributed by atoms with E-state index in [0.717, 1.165) is 42.4 Å². The Labute approximate surface area is 228 Å². The Morgan fingerprint density at radius 1 is 1.10 bits per heavy atom. The summed E-state index contributed by atoms with van der Waals surface area (Å²) in [5.74, 6) is 2.25. The summed E-state index contributed by atoms with van der Waals surface area (Å²) in [6.45, 7) is 1.39. The van der Waals surface area contributed by atoms with Crippen LogP contribution < -0.4 is 10.1 Å². The molecular weight excluding hydrogens is 521 g/mol. The van der Waals surface area contributed by atoms with Gasteiger partial charge in [0.2, 0.25) is 11.9 Å². The van der Waals surface area contributed by atoms with Crippen LogP contribution in [0.2, 0.25) is 0 Å². The fourth-order valence-corrected chi connectivity index (χ4v) is 6.16. The normalized spacial score (nSPS) is 20.7. The summed E-state index contributed by atoms with van der Waals surface area (Å²) in [7, 11) is -3.01. The minimum atomic E-state index is -3.01. The number of anilines is 1. The molecule has 9 nitrogen and oxygen atoms in total. The van der Waals surface area contributed by atoms with E-state index in [2.05, 4.69) is 10.3 Å². The molecule has 0 unspecified atom stereocenters. The van der Waals surface area contributed by atoms with Crippen LogP contribution in [0, 0.1) is 5.92 Å². The van der Waals surface area contributed by atoms with Crippen LogP contribution in [0.4, 0.5) is 10.3 Å².